The smallest absolute Gasteiger partial charge is 0.362 e. The molecule has 0 fully saturated rings. The van der Waals surface area contributed by atoms with Crippen LogP contribution in [0.3, 0.4) is 0 Å². The second-order valence-corrected chi connectivity index (χ2v) is 19.1. The van der Waals surface area contributed by atoms with Crippen molar-refractivity contribution >= 4 is 17.9 Å². The summed E-state index contributed by atoms with van der Waals surface area (Å²) in [5.41, 5.74) is 0. The van der Waals surface area contributed by atoms with Crippen LogP contribution in [0, 0.1) is 0 Å². The van der Waals surface area contributed by atoms with E-state index in [1.165, 1.54) is 116 Å². The second-order valence-electron chi connectivity index (χ2n) is 19.1. The second kappa shape index (κ2) is 48.2. The third-order valence-corrected chi connectivity index (χ3v) is 11.8. The van der Waals surface area contributed by atoms with Crippen LogP contribution in [0.15, 0.2) is 72.9 Å². The number of carboxylic acid groups (broad SMARTS) is 1. The van der Waals surface area contributed by atoms with Crippen molar-refractivity contribution in [2.24, 2.45) is 0 Å². The van der Waals surface area contributed by atoms with E-state index >= 15 is 0 Å². The van der Waals surface area contributed by atoms with Gasteiger partial charge in [-0.1, -0.05) is 196 Å². The molecule has 8 nitrogen and oxygen atoms in total. The fourth-order valence-electron chi connectivity index (χ4n) is 7.70. The van der Waals surface area contributed by atoms with Gasteiger partial charge in [0, 0.05) is 19.3 Å². The summed E-state index contributed by atoms with van der Waals surface area (Å²) in [6.07, 6.45) is 62.5. The number of carbonyl (C=O) groups is 3. The van der Waals surface area contributed by atoms with Crippen molar-refractivity contribution in [3.05, 3.63) is 72.9 Å². The fourth-order valence-corrected chi connectivity index (χ4v) is 7.70. The summed E-state index contributed by atoms with van der Waals surface area (Å²) in [5, 5.41) is 9.66. The van der Waals surface area contributed by atoms with Crippen molar-refractivity contribution in [1.29, 1.82) is 0 Å². The van der Waals surface area contributed by atoms with Crippen molar-refractivity contribution in [1.82, 2.24) is 0 Å². The molecular weight excluding hydrogens is 823 g/mol. The maximum atomic E-state index is 12.8. The monoisotopic (exact) mass is 925 g/mol. The molecule has 8 heteroatoms. The molecule has 0 heterocycles. The Morgan fingerprint density at radius 2 is 0.848 bits per heavy atom. The van der Waals surface area contributed by atoms with Gasteiger partial charge in [-0.15, -0.1) is 0 Å². The van der Waals surface area contributed by atoms with Gasteiger partial charge in [0.05, 0.1) is 34.4 Å². The minimum atomic E-state index is -0.882. The molecule has 0 aliphatic heterocycles. The molecule has 66 heavy (non-hydrogen) atoms. The van der Waals surface area contributed by atoms with Crippen LogP contribution in [-0.2, 0) is 28.6 Å². The Bertz CT molecular complexity index is 1310. The summed E-state index contributed by atoms with van der Waals surface area (Å²) >= 11 is 0. The largest absolute Gasteiger partial charge is 0.477 e. The van der Waals surface area contributed by atoms with Gasteiger partial charge >= 0.3 is 17.9 Å². The lowest BCUT2D eigenvalue weighted by atomic mass is 10.0. The molecule has 0 amide bonds. The lowest BCUT2D eigenvalue weighted by Gasteiger charge is -2.31. The molecule has 0 bridgehead atoms. The van der Waals surface area contributed by atoms with Gasteiger partial charge in [-0.05, 0) is 83.5 Å². The number of rotatable bonds is 48. The lowest BCUT2D eigenvalue weighted by molar-refractivity contribution is -0.887. The van der Waals surface area contributed by atoms with Gasteiger partial charge in [-0.2, -0.15) is 0 Å². The molecule has 0 spiro atoms. The van der Waals surface area contributed by atoms with Crippen molar-refractivity contribution < 1.29 is 38.2 Å². The third-order valence-electron chi connectivity index (χ3n) is 11.8. The Morgan fingerprint density at radius 3 is 1.29 bits per heavy atom. The van der Waals surface area contributed by atoms with E-state index in [-0.39, 0.29) is 42.7 Å². The zero-order valence-corrected chi connectivity index (χ0v) is 43.4. The van der Waals surface area contributed by atoms with Crippen LogP contribution in [0.1, 0.15) is 226 Å². The van der Waals surface area contributed by atoms with Crippen molar-refractivity contribution in [3.8, 4) is 0 Å². The maximum Gasteiger partial charge on any atom is 0.362 e. The highest BCUT2D eigenvalue weighted by molar-refractivity contribution is 5.72. The SMILES string of the molecule is CC/C=C/C/C=C/C/C=C/C/C=C/C/C=C/CCCCCC(=O)OC(COCCC(C(=O)O)[N+](C)(C)C)COC(=O)CCCCCCCCC/C=C/CCCCCCCCCCCCCC. The van der Waals surface area contributed by atoms with E-state index in [2.05, 4.69) is 86.8 Å². The normalized spacial score (nSPS) is 13.4. The number of carbonyl (C=O) groups excluding carboxylic acids is 2. The Morgan fingerprint density at radius 1 is 0.470 bits per heavy atom. The van der Waals surface area contributed by atoms with E-state index in [0.29, 0.717) is 12.8 Å². The van der Waals surface area contributed by atoms with Crippen LogP contribution >= 0.6 is 0 Å². The molecule has 0 saturated heterocycles. The molecule has 2 atom stereocenters. The predicted molar refractivity (Wildman–Crippen MR) is 280 cm³/mol. The molecule has 0 aromatic carbocycles. The minimum absolute atomic E-state index is 0.0435. The average molecular weight is 925 g/mol. The minimum Gasteiger partial charge on any atom is -0.477 e. The number of hydrogen-bond acceptors (Lipinski definition) is 6. The molecule has 1 N–H and O–H groups in total. The molecule has 0 aliphatic rings. The van der Waals surface area contributed by atoms with Gasteiger partial charge in [0.15, 0.2) is 12.1 Å². The quantitative estimate of drug-likeness (QED) is 0.0281. The summed E-state index contributed by atoms with van der Waals surface area (Å²) in [4.78, 5) is 37.2. The zero-order chi connectivity index (χ0) is 48.4. The number of carboxylic acids is 1. The first-order valence-corrected chi connectivity index (χ1v) is 27.0. The van der Waals surface area contributed by atoms with Crippen molar-refractivity contribution in [2.75, 3.05) is 41.0 Å². The van der Waals surface area contributed by atoms with E-state index in [1.54, 1.807) is 0 Å². The number of aliphatic carboxylic acids is 1. The summed E-state index contributed by atoms with van der Waals surface area (Å²) in [7, 11) is 5.52. The first kappa shape index (κ1) is 62.8. The van der Waals surface area contributed by atoms with Crippen LogP contribution in [0.25, 0.3) is 0 Å². The molecular formula is C58H102NO7+. The summed E-state index contributed by atoms with van der Waals surface area (Å²) in [6.45, 7) is 4.60. The average Bonchev–Trinajstić information content (AvgIpc) is 3.28. The van der Waals surface area contributed by atoms with Gasteiger partial charge in [0.25, 0.3) is 0 Å². The van der Waals surface area contributed by atoms with E-state index in [1.807, 2.05) is 21.1 Å². The van der Waals surface area contributed by atoms with E-state index in [9.17, 15) is 19.5 Å². The van der Waals surface area contributed by atoms with E-state index in [4.69, 9.17) is 14.2 Å². The van der Waals surface area contributed by atoms with Crippen molar-refractivity contribution in [3.63, 3.8) is 0 Å². The fraction of sp³-hybridized carbons (Fsp3) is 0.741. The van der Waals surface area contributed by atoms with Crippen LogP contribution in [0.5, 0.6) is 0 Å². The van der Waals surface area contributed by atoms with E-state index in [0.717, 1.165) is 77.0 Å². The summed E-state index contributed by atoms with van der Waals surface area (Å²) in [6, 6.07) is -0.626. The zero-order valence-electron chi connectivity index (χ0n) is 43.4. The number of likely N-dealkylation sites (N-methyl/N-ethyl adjacent to an activating group) is 1. The number of hydrogen-bond donors (Lipinski definition) is 1. The number of allylic oxidation sites excluding steroid dienone is 12. The molecule has 0 rings (SSSR count). The first-order valence-electron chi connectivity index (χ1n) is 27.0. The van der Waals surface area contributed by atoms with Gasteiger partial charge in [0.2, 0.25) is 0 Å². The molecule has 0 radical (unpaired) electrons. The highest BCUT2D eigenvalue weighted by Gasteiger charge is 2.31. The Labute approximate surface area is 406 Å². The van der Waals surface area contributed by atoms with Gasteiger partial charge in [-0.3, -0.25) is 9.59 Å². The Kier molecular flexibility index (Phi) is 45.9. The Hall–Kier alpha value is -3.23. The van der Waals surface area contributed by atoms with Crippen LogP contribution in [-0.4, -0.2) is 80.6 Å². The lowest BCUT2D eigenvalue weighted by Crippen LogP contribution is -2.50. The molecule has 380 valence electrons. The molecule has 2 unspecified atom stereocenters. The predicted octanol–water partition coefficient (Wildman–Crippen LogP) is 15.9. The van der Waals surface area contributed by atoms with Gasteiger partial charge in [-0.25, -0.2) is 4.79 Å². The number of esters is 2. The standard InChI is InChI=1S/C58H101NO7/c1-6-8-10-12-14-16-18-20-22-24-26-27-28-29-31-32-34-36-38-40-42-44-46-48-56(60)65-53-54(52-64-51-50-55(58(62)63)59(3,4)5)66-57(61)49-47-45-43-41-39-37-35-33-30-25-23-21-19-17-15-13-11-9-7-2/h9,11,15,17,21,23,29-31,33,37,39,54-55H,6-8,10,12-14,16,18-20,22,24-28,32,34-36,38,40-53H2,1-5H3/p+1/b11-9+,17-15+,23-21+,31-29+,33-30+,39-37+. The van der Waals surface area contributed by atoms with Gasteiger partial charge in [0.1, 0.15) is 6.61 Å². The van der Waals surface area contributed by atoms with Crippen LogP contribution in [0.4, 0.5) is 0 Å². The Balaban J connectivity index is 4.27. The number of nitrogens with zero attached hydrogens (tertiary/aromatic N) is 1. The number of ether oxygens (including phenoxy) is 3. The summed E-state index contributed by atoms with van der Waals surface area (Å²) < 4.78 is 17.3. The molecule has 0 aromatic heterocycles. The molecule has 0 saturated carbocycles. The molecule has 0 aliphatic carbocycles. The summed E-state index contributed by atoms with van der Waals surface area (Å²) in [5.74, 6) is -1.51. The number of unbranched alkanes of at least 4 members (excludes halogenated alkanes) is 22. The highest BCUT2D eigenvalue weighted by atomic mass is 16.6. The van der Waals surface area contributed by atoms with Crippen LogP contribution < -0.4 is 0 Å². The molecule has 0 aromatic rings. The topological polar surface area (TPSA) is 99.1 Å². The van der Waals surface area contributed by atoms with Gasteiger partial charge < -0.3 is 23.8 Å². The number of quaternary nitrogens is 1. The van der Waals surface area contributed by atoms with Crippen molar-refractivity contribution in [2.45, 2.75) is 238 Å². The van der Waals surface area contributed by atoms with E-state index < -0.39 is 18.1 Å². The third kappa shape index (κ3) is 45.9. The first-order chi connectivity index (χ1) is 32.1. The highest BCUT2D eigenvalue weighted by Crippen LogP contribution is 2.15. The van der Waals surface area contributed by atoms with Crippen LogP contribution in [0.2, 0.25) is 0 Å². The maximum absolute atomic E-state index is 12.8.